The lowest BCUT2D eigenvalue weighted by Gasteiger charge is -2.04. The molecule has 0 spiro atoms. The lowest BCUT2D eigenvalue weighted by Crippen LogP contribution is -1.99. The van der Waals surface area contributed by atoms with E-state index in [9.17, 15) is 4.79 Å². The molecule has 0 amide bonds. The summed E-state index contributed by atoms with van der Waals surface area (Å²) in [6, 6.07) is 4.73. The molecule has 6 heteroatoms. The third-order valence-corrected chi connectivity index (χ3v) is 2.90. The van der Waals surface area contributed by atoms with Crippen LogP contribution in [0.25, 0.3) is 0 Å². The van der Waals surface area contributed by atoms with Crippen molar-refractivity contribution in [2.45, 2.75) is 0 Å². The molecule has 0 saturated carbocycles. The summed E-state index contributed by atoms with van der Waals surface area (Å²) < 4.78 is 0. The molecule has 0 saturated heterocycles. The van der Waals surface area contributed by atoms with Crippen molar-refractivity contribution in [2.24, 2.45) is 0 Å². The molecule has 0 aliphatic heterocycles. The third-order valence-electron chi connectivity index (χ3n) is 1.88. The van der Waals surface area contributed by atoms with E-state index in [0.717, 1.165) is 0 Å². The van der Waals surface area contributed by atoms with Gasteiger partial charge in [-0.3, -0.25) is 0 Å². The highest BCUT2D eigenvalue weighted by atomic mass is 35.5. The number of anilines is 2. The molecule has 2 aromatic rings. The minimum absolute atomic E-state index is 0.0724. The van der Waals surface area contributed by atoms with Gasteiger partial charge < -0.3 is 10.4 Å². The summed E-state index contributed by atoms with van der Waals surface area (Å²) in [5, 5.41) is 14.6. The molecule has 0 aliphatic carbocycles. The van der Waals surface area contributed by atoms with Crippen LogP contribution in [-0.2, 0) is 0 Å². The Morgan fingerprint density at radius 3 is 2.94 bits per heavy atom. The largest absolute Gasteiger partial charge is 0.478 e. The van der Waals surface area contributed by atoms with Crippen LogP contribution >= 0.6 is 22.9 Å². The molecule has 82 valence electrons. The number of nitrogens with one attached hydrogen (secondary N) is 1. The van der Waals surface area contributed by atoms with Crippen molar-refractivity contribution in [1.82, 2.24) is 4.98 Å². The number of thiazole rings is 1. The van der Waals surface area contributed by atoms with E-state index in [0.29, 0.717) is 10.8 Å². The summed E-state index contributed by atoms with van der Waals surface area (Å²) in [5.74, 6) is -1.05. The average molecular weight is 255 g/mol. The van der Waals surface area contributed by atoms with Gasteiger partial charge in [0.1, 0.15) is 0 Å². The molecule has 1 aromatic heterocycles. The van der Waals surface area contributed by atoms with E-state index >= 15 is 0 Å². The van der Waals surface area contributed by atoms with Crippen molar-refractivity contribution in [3.05, 3.63) is 40.4 Å². The fourth-order valence-electron chi connectivity index (χ4n) is 1.18. The van der Waals surface area contributed by atoms with Gasteiger partial charge in [0.15, 0.2) is 5.13 Å². The van der Waals surface area contributed by atoms with Crippen LogP contribution in [0.5, 0.6) is 0 Å². The predicted molar refractivity (Wildman–Crippen MR) is 63.8 cm³/mol. The van der Waals surface area contributed by atoms with Gasteiger partial charge in [-0.25, -0.2) is 9.78 Å². The highest BCUT2D eigenvalue weighted by molar-refractivity contribution is 7.13. The van der Waals surface area contributed by atoms with Gasteiger partial charge in [-0.2, -0.15) is 0 Å². The van der Waals surface area contributed by atoms with E-state index in [1.54, 1.807) is 18.3 Å². The minimum atomic E-state index is -1.05. The number of carbonyl (C=O) groups is 1. The molecule has 1 heterocycles. The summed E-state index contributed by atoms with van der Waals surface area (Å²) in [7, 11) is 0. The van der Waals surface area contributed by atoms with Crippen LogP contribution in [0.3, 0.4) is 0 Å². The van der Waals surface area contributed by atoms with E-state index in [2.05, 4.69) is 10.3 Å². The fraction of sp³-hybridized carbons (Fsp3) is 0. The van der Waals surface area contributed by atoms with Crippen molar-refractivity contribution >= 4 is 39.7 Å². The van der Waals surface area contributed by atoms with Gasteiger partial charge in [0.05, 0.1) is 10.6 Å². The molecule has 4 nitrogen and oxygen atoms in total. The van der Waals surface area contributed by atoms with Gasteiger partial charge in [0.25, 0.3) is 0 Å². The van der Waals surface area contributed by atoms with Crippen LogP contribution in [0.4, 0.5) is 10.8 Å². The molecular weight excluding hydrogens is 248 g/mol. The second-order valence-electron chi connectivity index (χ2n) is 2.96. The Kier molecular flexibility index (Phi) is 3.07. The molecule has 0 aliphatic rings. The number of carboxylic acids is 1. The fourth-order valence-corrected chi connectivity index (χ4v) is 1.92. The molecule has 0 bridgehead atoms. The van der Waals surface area contributed by atoms with E-state index in [-0.39, 0.29) is 10.6 Å². The van der Waals surface area contributed by atoms with Crippen molar-refractivity contribution in [3.63, 3.8) is 0 Å². The first kappa shape index (κ1) is 10.9. The number of halogens is 1. The van der Waals surface area contributed by atoms with Crippen molar-refractivity contribution in [3.8, 4) is 0 Å². The number of rotatable bonds is 3. The predicted octanol–water partition coefficient (Wildman–Crippen LogP) is 3.24. The Bertz CT molecular complexity index is 514. The smallest absolute Gasteiger partial charge is 0.337 e. The highest BCUT2D eigenvalue weighted by Crippen LogP contribution is 2.24. The van der Waals surface area contributed by atoms with Crippen molar-refractivity contribution in [1.29, 1.82) is 0 Å². The van der Waals surface area contributed by atoms with Gasteiger partial charge in [0, 0.05) is 17.3 Å². The van der Waals surface area contributed by atoms with Gasteiger partial charge in [-0.05, 0) is 18.2 Å². The molecule has 0 radical (unpaired) electrons. The van der Waals surface area contributed by atoms with Crippen LogP contribution in [0, 0.1) is 0 Å². The lowest BCUT2D eigenvalue weighted by molar-refractivity contribution is 0.0697. The summed E-state index contributed by atoms with van der Waals surface area (Å²) in [5.41, 5.74) is 0.722. The minimum Gasteiger partial charge on any atom is -0.478 e. The first-order chi connectivity index (χ1) is 7.66. The Morgan fingerprint density at radius 2 is 2.31 bits per heavy atom. The summed E-state index contributed by atoms with van der Waals surface area (Å²) in [6.07, 6.45) is 1.67. The quantitative estimate of drug-likeness (QED) is 0.883. The molecule has 16 heavy (non-hydrogen) atoms. The maximum Gasteiger partial charge on any atom is 0.337 e. The number of benzene rings is 1. The SMILES string of the molecule is O=C(O)c1cc(Nc2nccs2)ccc1Cl. The summed E-state index contributed by atoms with van der Waals surface area (Å²) in [6.45, 7) is 0. The van der Waals surface area contributed by atoms with Crippen LogP contribution in [0.2, 0.25) is 5.02 Å². The van der Waals surface area contributed by atoms with Crippen LogP contribution in [-0.4, -0.2) is 16.1 Å². The van der Waals surface area contributed by atoms with Crippen LogP contribution < -0.4 is 5.32 Å². The summed E-state index contributed by atoms with van der Waals surface area (Å²) in [4.78, 5) is 14.9. The second-order valence-corrected chi connectivity index (χ2v) is 4.26. The number of aromatic nitrogens is 1. The first-order valence-electron chi connectivity index (χ1n) is 4.36. The van der Waals surface area contributed by atoms with Crippen molar-refractivity contribution < 1.29 is 9.90 Å². The van der Waals surface area contributed by atoms with E-state index in [4.69, 9.17) is 16.7 Å². The van der Waals surface area contributed by atoms with Gasteiger partial charge in [-0.15, -0.1) is 11.3 Å². The zero-order valence-corrected chi connectivity index (χ0v) is 9.55. The first-order valence-corrected chi connectivity index (χ1v) is 5.62. The number of hydrogen-bond acceptors (Lipinski definition) is 4. The van der Waals surface area contributed by atoms with Crippen molar-refractivity contribution in [2.75, 3.05) is 5.32 Å². The van der Waals surface area contributed by atoms with E-state index < -0.39 is 5.97 Å². The van der Waals surface area contributed by atoms with E-state index in [1.165, 1.54) is 17.4 Å². The molecule has 2 N–H and O–H groups in total. The Balaban J connectivity index is 2.29. The third kappa shape index (κ3) is 2.32. The topological polar surface area (TPSA) is 62.2 Å². The molecular formula is C10H7ClN2O2S. The average Bonchev–Trinajstić information content (AvgIpc) is 2.73. The number of nitrogens with zero attached hydrogens (tertiary/aromatic N) is 1. The number of carboxylic acid groups (broad SMARTS) is 1. The molecule has 0 unspecified atom stereocenters. The van der Waals surface area contributed by atoms with Gasteiger partial charge >= 0.3 is 5.97 Å². The lowest BCUT2D eigenvalue weighted by atomic mass is 10.2. The number of hydrogen-bond donors (Lipinski definition) is 2. The normalized spacial score (nSPS) is 10.1. The second kappa shape index (κ2) is 4.51. The maximum atomic E-state index is 10.9. The molecule has 0 fully saturated rings. The van der Waals surface area contributed by atoms with Crippen LogP contribution in [0.15, 0.2) is 29.8 Å². The standard InChI is InChI=1S/C10H7ClN2O2S/c11-8-2-1-6(5-7(8)9(14)15)13-10-12-3-4-16-10/h1-5H,(H,12,13)(H,14,15). The maximum absolute atomic E-state index is 10.9. The number of aromatic carboxylic acids is 1. The monoisotopic (exact) mass is 254 g/mol. The summed E-state index contributed by atoms with van der Waals surface area (Å²) >= 11 is 7.19. The van der Waals surface area contributed by atoms with Crippen LogP contribution in [0.1, 0.15) is 10.4 Å². The molecule has 0 atom stereocenters. The molecule has 2 rings (SSSR count). The molecule has 1 aromatic carbocycles. The zero-order valence-electron chi connectivity index (χ0n) is 7.98. The highest BCUT2D eigenvalue weighted by Gasteiger charge is 2.09. The Morgan fingerprint density at radius 1 is 1.50 bits per heavy atom. The van der Waals surface area contributed by atoms with E-state index in [1.807, 2.05) is 5.38 Å². The Hall–Kier alpha value is -1.59. The zero-order chi connectivity index (χ0) is 11.5. The van der Waals surface area contributed by atoms with Gasteiger partial charge in [0.2, 0.25) is 0 Å². The Labute approximate surface area is 101 Å². The van der Waals surface area contributed by atoms with Gasteiger partial charge in [-0.1, -0.05) is 11.6 Å².